The van der Waals surface area contributed by atoms with Crippen LogP contribution in [-0.4, -0.2) is 21.9 Å². The molecule has 0 radical (unpaired) electrons. The zero-order chi connectivity index (χ0) is 12.4. The highest BCUT2D eigenvalue weighted by molar-refractivity contribution is 5.95. The lowest BCUT2D eigenvalue weighted by Gasteiger charge is -2.09. The molecule has 0 bridgehead atoms. The second kappa shape index (κ2) is 4.44. The van der Waals surface area contributed by atoms with Gasteiger partial charge in [-0.1, -0.05) is 17.3 Å². The maximum absolute atomic E-state index is 12.1. The molecule has 18 heavy (non-hydrogen) atoms. The van der Waals surface area contributed by atoms with Crippen LogP contribution in [0.15, 0.2) is 47.9 Å². The number of carbonyl (C=O) groups is 1. The van der Waals surface area contributed by atoms with Crippen molar-refractivity contribution < 1.29 is 9.63 Å². The summed E-state index contributed by atoms with van der Waals surface area (Å²) in [5.74, 6) is -0.152. The summed E-state index contributed by atoms with van der Waals surface area (Å²) in [4.78, 5) is 17.3. The fourth-order valence-corrected chi connectivity index (χ4v) is 1.89. The Kier molecular flexibility index (Phi) is 2.64. The van der Waals surface area contributed by atoms with E-state index < -0.39 is 0 Å². The largest absolute Gasteiger partial charge is 0.388 e. The van der Waals surface area contributed by atoms with Crippen molar-refractivity contribution in [2.24, 2.45) is 5.16 Å². The molecule has 90 valence electrons. The topological polar surface area (TPSA) is 56.5 Å². The summed E-state index contributed by atoms with van der Waals surface area (Å²) in [5.41, 5.74) is 1.54. The highest BCUT2D eigenvalue weighted by atomic mass is 16.6. The Morgan fingerprint density at radius 2 is 2.33 bits per heavy atom. The molecule has 0 spiro atoms. The number of hydrogen-bond acceptors (Lipinski definition) is 4. The van der Waals surface area contributed by atoms with Gasteiger partial charge in [0.1, 0.15) is 0 Å². The molecule has 3 rings (SSSR count). The molecule has 0 saturated heterocycles. The minimum Gasteiger partial charge on any atom is -0.388 e. The molecule has 1 aliphatic heterocycles. The van der Waals surface area contributed by atoms with E-state index in [0.717, 1.165) is 12.0 Å². The summed E-state index contributed by atoms with van der Waals surface area (Å²) in [5, 5.41) is 7.67. The maximum Gasteiger partial charge on any atom is 0.278 e. The van der Waals surface area contributed by atoms with Crippen molar-refractivity contribution in [1.82, 2.24) is 9.78 Å². The monoisotopic (exact) mass is 241 g/mol. The van der Waals surface area contributed by atoms with Crippen molar-refractivity contribution in [1.29, 1.82) is 0 Å². The first-order chi connectivity index (χ1) is 8.84. The number of carbonyl (C=O) groups excluding carboxylic acids is 1. The van der Waals surface area contributed by atoms with E-state index in [9.17, 15) is 4.79 Å². The van der Waals surface area contributed by atoms with E-state index in [0.29, 0.717) is 5.56 Å². The molecule has 5 nitrogen and oxygen atoms in total. The Bertz CT molecular complexity index is 582. The lowest BCUT2D eigenvalue weighted by Crippen LogP contribution is -2.12. The number of nitrogens with zero attached hydrogens (tertiary/aromatic N) is 3. The molecule has 1 atom stereocenters. The van der Waals surface area contributed by atoms with E-state index in [1.165, 1.54) is 4.68 Å². The summed E-state index contributed by atoms with van der Waals surface area (Å²) in [6, 6.07) is 9.08. The van der Waals surface area contributed by atoms with Gasteiger partial charge in [0, 0.05) is 30.6 Å². The van der Waals surface area contributed by atoms with Gasteiger partial charge in [0.2, 0.25) is 0 Å². The zero-order valence-electron chi connectivity index (χ0n) is 9.56. The predicted octanol–water partition coefficient (Wildman–Crippen LogP) is 2.02. The van der Waals surface area contributed by atoms with Crippen LogP contribution in [0.3, 0.4) is 0 Å². The van der Waals surface area contributed by atoms with Crippen molar-refractivity contribution in [3.8, 4) is 0 Å². The smallest absolute Gasteiger partial charge is 0.278 e. The van der Waals surface area contributed by atoms with Crippen molar-refractivity contribution in [3.05, 3.63) is 53.9 Å². The molecule has 1 unspecified atom stereocenters. The summed E-state index contributed by atoms with van der Waals surface area (Å²) >= 11 is 0. The van der Waals surface area contributed by atoms with Crippen molar-refractivity contribution in [3.63, 3.8) is 0 Å². The molecule has 0 aliphatic carbocycles. The van der Waals surface area contributed by atoms with E-state index in [4.69, 9.17) is 4.84 Å². The predicted molar refractivity (Wildman–Crippen MR) is 65.3 cm³/mol. The van der Waals surface area contributed by atoms with Gasteiger partial charge in [0.25, 0.3) is 5.91 Å². The third kappa shape index (κ3) is 1.90. The fourth-order valence-electron chi connectivity index (χ4n) is 1.89. The first-order valence-corrected chi connectivity index (χ1v) is 5.66. The van der Waals surface area contributed by atoms with Crippen molar-refractivity contribution in [2.75, 3.05) is 0 Å². The number of rotatable bonds is 2. The minimum absolute atomic E-state index is 0.0876. The van der Waals surface area contributed by atoms with Crippen LogP contribution in [0.1, 0.15) is 28.4 Å². The van der Waals surface area contributed by atoms with Crippen LogP contribution in [0.2, 0.25) is 0 Å². The normalized spacial score (nSPS) is 17.7. The van der Waals surface area contributed by atoms with E-state index in [1.54, 1.807) is 30.7 Å². The highest BCUT2D eigenvalue weighted by Crippen LogP contribution is 2.25. The van der Waals surface area contributed by atoms with Gasteiger partial charge in [-0.2, -0.15) is 5.10 Å². The molecule has 5 heteroatoms. The summed E-state index contributed by atoms with van der Waals surface area (Å²) in [6.07, 6.45) is 5.58. The van der Waals surface area contributed by atoms with Crippen LogP contribution >= 0.6 is 0 Å². The molecule has 0 amide bonds. The summed E-state index contributed by atoms with van der Waals surface area (Å²) < 4.78 is 1.31. The first kappa shape index (κ1) is 10.7. The lowest BCUT2D eigenvalue weighted by molar-refractivity contribution is 0.0855. The molecular weight excluding hydrogens is 230 g/mol. The Hall–Kier alpha value is -2.43. The number of aromatic nitrogens is 2. The van der Waals surface area contributed by atoms with Gasteiger partial charge in [-0.15, -0.1) is 0 Å². The van der Waals surface area contributed by atoms with E-state index in [-0.39, 0.29) is 12.0 Å². The molecule has 1 aromatic carbocycles. The highest BCUT2D eigenvalue weighted by Gasteiger charge is 2.18. The quantitative estimate of drug-likeness (QED) is 0.808. The number of hydrogen-bond donors (Lipinski definition) is 0. The van der Waals surface area contributed by atoms with Gasteiger partial charge >= 0.3 is 0 Å². The van der Waals surface area contributed by atoms with Crippen LogP contribution in [0, 0.1) is 0 Å². The Labute approximate surface area is 104 Å². The molecule has 1 aliphatic rings. The van der Waals surface area contributed by atoms with Crippen LogP contribution < -0.4 is 0 Å². The molecule has 0 fully saturated rings. The van der Waals surface area contributed by atoms with Gasteiger partial charge in [-0.25, -0.2) is 4.68 Å². The van der Waals surface area contributed by atoms with Crippen LogP contribution in [0.4, 0.5) is 0 Å². The van der Waals surface area contributed by atoms with Gasteiger partial charge in [-0.05, 0) is 23.8 Å². The Balaban J connectivity index is 1.89. The van der Waals surface area contributed by atoms with E-state index in [1.807, 2.05) is 18.2 Å². The average molecular weight is 241 g/mol. The lowest BCUT2D eigenvalue weighted by atomic mass is 10.0. The molecule has 1 aromatic heterocycles. The van der Waals surface area contributed by atoms with Gasteiger partial charge < -0.3 is 4.84 Å². The van der Waals surface area contributed by atoms with Crippen LogP contribution in [0.5, 0.6) is 0 Å². The summed E-state index contributed by atoms with van der Waals surface area (Å²) in [6.45, 7) is 0. The van der Waals surface area contributed by atoms with Crippen molar-refractivity contribution >= 4 is 12.1 Å². The minimum atomic E-state index is -0.152. The maximum atomic E-state index is 12.1. The van der Waals surface area contributed by atoms with Crippen LogP contribution in [0.25, 0.3) is 0 Å². The van der Waals surface area contributed by atoms with Crippen LogP contribution in [-0.2, 0) is 4.84 Å². The second-order valence-electron chi connectivity index (χ2n) is 4.00. The Morgan fingerprint density at radius 3 is 3.06 bits per heavy atom. The molecule has 0 N–H and O–H groups in total. The first-order valence-electron chi connectivity index (χ1n) is 5.66. The SMILES string of the molecule is O=C(c1cccc(C2CC=NO2)c1)n1cccn1. The van der Waals surface area contributed by atoms with Gasteiger partial charge in [0.05, 0.1) is 0 Å². The Morgan fingerprint density at radius 1 is 1.39 bits per heavy atom. The third-order valence-corrected chi connectivity index (χ3v) is 2.80. The molecular formula is C13H11N3O2. The summed E-state index contributed by atoms with van der Waals surface area (Å²) in [7, 11) is 0. The number of benzene rings is 1. The second-order valence-corrected chi connectivity index (χ2v) is 4.00. The van der Waals surface area contributed by atoms with Crippen molar-refractivity contribution in [2.45, 2.75) is 12.5 Å². The number of oxime groups is 1. The average Bonchev–Trinajstić information content (AvgIpc) is 3.11. The zero-order valence-corrected chi connectivity index (χ0v) is 9.56. The van der Waals surface area contributed by atoms with Gasteiger partial charge in [-0.3, -0.25) is 4.79 Å². The van der Waals surface area contributed by atoms with E-state index in [2.05, 4.69) is 10.3 Å². The molecule has 0 saturated carbocycles. The van der Waals surface area contributed by atoms with E-state index >= 15 is 0 Å². The molecule has 2 aromatic rings. The van der Waals surface area contributed by atoms with Gasteiger partial charge in [0.15, 0.2) is 6.10 Å². The fraction of sp³-hybridized carbons (Fsp3) is 0.154. The molecule has 2 heterocycles. The standard InChI is InChI=1S/C13H11N3O2/c17-13(16-8-2-6-14-16)11-4-1-3-10(9-11)12-5-7-15-18-12/h1-4,6-9,12H,5H2. The third-order valence-electron chi connectivity index (χ3n) is 2.80.